The van der Waals surface area contributed by atoms with E-state index >= 15 is 0 Å². The molecule has 148 valence electrons. The van der Waals surface area contributed by atoms with E-state index in [-0.39, 0.29) is 0 Å². The van der Waals surface area contributed by atoms with Crippen molar-refractivity contribution in [3.8, 4) is 0 Å². The van der Waals surface area contributed by atoms with Crippen molar-refractivity contribution in [3.05, 3.63) is 41.8 Å². The Kier molecular flexibility index (Phi) is 5.15. The molecule has 0 N–H and O–H groups in total. The van der Waals surface area contributed by atoms with Gasteiger partial charge in [-0.15, -0.1) is 0 Å². The van der Waals surface area contributed by atoms with Crippen LogP contribution in [0.2, 0.25) is 0 Å². The van der Waals surface area contributed by atoms with Gasteiger partial charge in [-0.2, -0.15) is 0 Å². The van der Waals surface area contributed by atoms with E-state index < -0.39 is 0 Å². The summed E-state index contributed by atoms with van der Waals surface area (Å²) < 4.78 is 0. The van der Waals surface area contributed by atoms with Crippen molar-refractivity contribution in [2.24, 2.45) is 11.8 Å². The molecule has 0 spiro atoms. The van der Waals surface area contributed by atoms with Crippen LogP contribution in [0.15, 0.2) is 36.2 Å². The number of pyridine rings is 1. The standard InChI is InChI=1S/C22H35N5/c1-14(2)21-12-26(17(6)24(21)8)19-10-23-11-20(16(19)5)27-13-22(15(3)4)25(9)18(27)7/h10-15,17-18H,1-9H3/t17-,18+. The van der Waals surface area contributed by atoms with Gasteiger partial charge in [-0.3, -0.25) is 4.98 Å². The molecule has 0 radical (unpaired) electrons. The average Bonchev–Trinajstić information content (AvgIpc) is 3.07. The molecule has 0 fully saturated rings. The number of anilines is 2. The molecular formula is C22H35N5. The van der Waals surface area contributed by atoms with Gasteiger partial charge in [0.15, 0.2) is 0 Å². The maximum Gasteiger partial charge on any atom is 0.102 e. The minimum absolute atomic E-state index is 0.290. The first-order valence-corrected chi connectivity index (χ1v) is 10.1. The van der Waals surface area contributed by atoms with Crippen LogP contribution >= 0.6 is 0 Å². The summed E-state index contributed by atoms with van der Waals surface area (Å²) in [5.41, 5.74) is 6.37. The van der Waals surface area contributed by atoms with Crippen molar-refractivity contribution in [1.29, 1.82) is 0 Å². The van der Waals surface area contributed by atoms with Gasteiger partial charge in [0.25, 0.3) is 0 Å². The average molecular weight is 370 g/mol. The molecule has 2 atom stereocenters. The quantitative estimate of drug-likeness (QED) is 0.774. The van der Waals surface area contributed by atoms with Gasteiger partial charge in [0.1, 0.15) is 12.3 Å². The maximum absolute atomic E-state index is 4.61. The fourth-order valence-electron chi connectivity index (χ4n) is 4.17. The summed E-state index contributed by atoms with van der Waals surface area (Å²) in [6, 6.07) is 0. The van der Waals surface area contributed by atoms with Gasteiger partial charge in [-0.1, -0.05) is 27.7 Å². The van der Waals surface area contributed by atoms with Crippen molar-refractivity contribution in [3.63, 3.8) is 0 Å². The summed E-state index contributed by atoms with van der Waals surface area (Å²) >= 11 is 0. The lowest BCUT2D eigenvalue weighted by Gasteiger charge is -2.33. The van der Waals surface area contributed by atoms with Gasteiger partial charge in [0, 0.05) is 37.9 Å². The highest BCUT2D eigenvalue weighted by molar-refractivity contribution is 5.69. The van der Waals surface area contributed by atoms with Crippen molar-refractivity contribution in [1.82, 2.24) is 14.8 Å². The second kappa shape index (κ2) is 7.10. The van der Waals surface area contributed by atoms with Crippen molar-refractivity contribution in [2.45, 2.75) is 60.8 Å². The monoisotopic (exact) mass is 369 g/mol. The van der Waals surface area contributed by atoms with E-state index in [9.17, 15) is 0 Å². The Labute approximate surface area is 165 Å². The van der Waals surface area contributed by atoms with Crippen LogP contribution < -0.4 is 9.80 Å². The first-order chi connectivity index (χ1) is 12.6. The topological polar surface area (TPSA) is 25.9 Å². The molecule has 2 aliphatic rings. The van der Waals surface area contributed by atoms with E-state index in [1.807, 2.05) is 12.4 Å². The van der Waals surface area contributed by atoms with Gasteiger partial charge in [-0.25, -0.2) is 0 Å². The summed E-state index contributed by atoms with van der Waals surface area (Å²) in [6.07, 6.45) is 9.16. The Balaban J connectivity index is 2.01. The zero-order chi connectivity index (χ0) is 20.0. The van der Waals surface area contributed by atoms with Crippen LogP contribution in [0.3, 0.4) is 0 Å². The zero-order valence-corrected chi connectivity index (χ0v) is 18.4. The van der Waals surface area contributed by atoms with Crippen LogP contribution in [-0.4, -0.2) is 41.2 Å². The molecule has 3 rings (SSSR count). The number of hydrogen-bond acceptors (Lipinski definition) is 5. The lowest BCUT2D eigenvalue weighted by atomic mass is 10.1. The summed E-state index contributed by atoms with van der Waals surface area (Å²) in [5.74, 6) is 1.00. The number of aromatic nitrogens is 1. The molecule has 0 bridgehead atoms. The molecule has 3 heterocycles. The van der Waals surface area contributed by atoms with E-state index in [0.717, 1.165) is 0 Å². The van der Waals surface area contributed by atoms with E-state index in [1.165, 1.54) is 28.3 Å². The number of allylic oxidation sites excluding steroid dienone is 2. The molecular weight excluding hydrogens is 334 g/mol. The Bertz CT molecular complexity index is 704. The third kappa shape index (κ3) is 3.17. The molecule has 0 saturated heterocycles. The molecule has 27 heavy (non-hydrogen) atoms. The summed E-state index contributed by atoms with van der Waals surface area (Å²) in [4.78, 5) is 14.1. The van der Waals surface area contributed by atoms with E-state index in [0.29, 0.717) is 24.2 Å². The molecule has 1 aromatic rings. The largest absolute Gasteiger partial charge is 0.356 e. The summed E-state index contributed by atoms with van der Waals surface area (Å²) in [6.45, 7) is 15.7. The fraction of sp³-hybridized carbons (Fsp3) is 0.591. The highest BCUT2D eigenvalue weighted by Gasteiger charge is 2.32. The van der Waals surface area contributed by atoms with Crippen LogP contribution in [0.25, 0.3) is 0 Å². The molecule has 5 nitrogen and oxygen atoms in total. The van der Waals surface area contributed by atoms with Gasteiger partial charge in [0.05, 0.1) is 23.8 Å². The fourth-order valence-corrected chi connectivity index (χ4v) is 4.17. The van der Waals surface area contributed by atoms with E-state index in [2.05, 4.69) is 99.5 Å². The van der Waals surface area contributed by atoms with Gasteiger partial charge >= 0.3 is 0 Å². The molecule has 5 heteroatoms. The molecule has 0 aromatic carbocycles. The highest BCUT2D eigenvalue weighted by Crippen LogP contribution is 2.38. The Morgan fingerprint density at radius 1 is 0.778 bits per heavy atom. The predicted octanol–water partition coefficient (Wildman–Crippen LogP) is 4.58. The van der Waals surface area contributed by atoms with Crippen LogP contribution in [-0.2, 0) is 0 Å². The number of hydrogen-bond donors (Lipinski definition) is 0. The van der Waals surface area contributed by atoms with Crippen molar-refractivity contribution < 1.29 is 0 Å². The number of nitrogens with zero attached hydrogens (tertiary/aromatic N) is 5. The molecule has 0 saturated carbocycles. The van der Waals surface area contributed by atoms with Gasteiger partial charge in [0.2, 0.25) is 0 Å². The second-order valence-corrected chi connectivity index (χ2v) is 8.52. The minimum Gasteiger partial charge on any atom is -0.356 e. The first kappa shape index (κ1) is 19.6. The normalized spacial score (nSPS) is 23.1. The van der Waals surface area contributed by atoms with Crippen molar-refractivity contribution in [2.75, 3.05) is 23.9 Å². The van der Waals surface area contributed by atoms with E-state index in [1.54, 1.807) is 0 Å². The lowest BCUT2D eigenvalue weighted by Crippen LogP contribution is -2.37. The smallest absolute Gasteiger partial charge is 0.102 e. The van der Waals surface area contributed by atoms with Crippen LogP contribution in [0, 0.1) is 18.8 Å². The second-order valence-electron chi connectivity index (χ2n) is 8.52. The van der Waals surface area contributed by atoms with Gasteiger partial charge < -0.3 is 19.6 Å². The van der Waals surface area contributed by atoms with Crippen LogP contribution in [0.4, 0.5) is 11.4 Å². The summed E-state index contributed by atoms with van der Waals surface area (Å²) in [7, 11) is 4.36. The molecule has 0 amide bonds. The highest BCUT2D eigenvalue weighted by atomic mass is 15.4. The lowest BCUT2D eigenvalue weighted by molar-refractivity contribution is 0.327. The third-order valence-corrected chi connectivity index (χ3v) is 6.18. The Morgan fingerprint density at radius 3 is 1.44 bits per heavy atom. The van der Waals surface area contributed by atoms with Crippen LogP contribution in [0.5, 0.6) is 0 Å². The van der Waals surface area contributed by atoms with Gasteiger partial charge in [-0.05, 0) is 38.2 Å². The zero-order valence-electron chi connectivity index (χ0n) is 18.4. The first-order valence-electron chi connectivity index (χ1n) is 10.1. The maximum atomic E-state index is 4.61. The summed E-state index contributed by atoms with van der Waals surface area (Å²) in [5, 5.41) is 0. The minimum atomic E-state index is 0.290. The Hall–Kier alpha value is -2.17. The molecule has 0 aliphatic carbocycles. The molecule has 1 aromatic heterocycles. The predicted molar refractivity (Wildman–Crippen MR) is 114 cm³/mol. The van der Waals surface area contributed by atoms with Crippen LogP contribution in [0.1, 0.15) is 47.1 Å². The van der Waals surface area contributed by atoms with Crippen molar-refractivity contribution >= 4 is 11.4 Å². The number of rotatable bonds is 4. The van der Waals surface area contributed by atoms with E-state index in [4.69, 9.17) is 0 Å². The third-order valence-electron chi connectivity index (χ3n) is 6.18. The molecule has 2 aliphatic heterocycles. The SMILES string of the molecule is Cc1c(N2C=C(C(C)C)N(C)[C@H]2C)cncc1N1C=C(C(C)C)N(C)[C@@H]1C. The molecule has 0 unspecified atom stereocenters. The Morgan fingerprint density at radius 2 is 1.15 bits per heavy atom.